The van der Waals surface area contributed by atoms with Crippen LogP contribution in [0.5, 0.6) is 0 Å². The van der Waals surface area contributed by atoms with Crippen molar-refractivity contribution in [3.8, 4) is 18.2 Å². The van der Waals surface area contributed by atoms with Gasteiger partial charge >= 0.3 is 5.97 Å². The van der Waals surface area contributed by atoms with Crippen LogP contribution in [0, 0.1) is 44.8 Å². The molecule has 0 aromatic carbocycles. The minimum Gasteiger partial charge on any atom is -0.465 e. The van der Waals surface area contributed by atoms with E-state index in [4.69, 9.17) is 10.00 Å². The van der Waals surface area contributed by atoms with E-state index in [1.54, 1.807) is 13.8 Å². The van der Waals surface area contributed by atoms with Gasteiger partial charge in [0.05, 0.1) is 30.2 Å². The molecule has 0 aliphatic heterocycles. The van der Waals surface area contributed by atoms with Crippen molar-refractivity contribution in [2.24, 2.45) is 10.8 Å². The number of rotatable bonds is 8. The van der Waals surface area contributed by atoms with Crippen LogP contribution in [0.3, 0.4) is 0 Å². The Hall–Kier alpha value is -2.32. The fourth-order valence-electron chi connectivity index (χ4n) is 2.15. The summed E-state index contributed by atoms with van der Waals surface area (Å²) in [5, 5.41) is 27.9. The lowest BCUT2D eigenvalue weighted by Gasteiger charge is -2.36. The molecule has 0 spiro atoms. The number of carbonyl (C=O) groups excluding carboxylic acids is 1. The fraction of sp³-hybridized carbons (Fsp3) is 0.625. The molecule has 0 saturated heterocycles. The van der Waals surface area contributed by atoms with E-state index < -0.39 is 16.8 Å². The van der Waals surface area contributed by atoms with E-state index >= 15 is 0 Å². The number of carbonyl (C=O) groups is 1. The number of ether oxygens (including phenoxy) is 1. The van der Waals surface area contributed by atoms with Crippen LogP contribution >= 0.6 is 0 Å². The summed E-state index contributed by atoms with van der Waals surface area (Å²) in [6.07, 6.45) is 0.839. The first-order chi connectivity index (χ1) is 9.83. The standard InChI is InChI=1S/C16H21N3O2/c1-5-21-14(20)16(12-19,8-6-10-17)15(4,11-18)9-7-13(2)3/h2,5-9H2,1,3-4H3/t15-,16-/m0/s1. The smallest absolute Gasteiger partial charge is 0.328 e. The summed E-state index contributed by atoms with van der Waals surface area (Å²) in [4.78, 5) is 12.3. The van der Waals surface area contributed by atoms with Gasteiger partial charge in [0.25, 0.3) is 0 Å². The average molecular weight is 287 g/mol. The molecule has 0 aliphatic carbocycles. The van der Waals surface area contributed by atoms with Gasteiger partial charge in [-0.1, -0.05) is 5.57 Å². The SMILES string of the molecule is C=C(C)CC[C@@](C)(C#N)[C@](C#N)(CCC#N)C(=O)OCC. The number of nitrogens with zero attached hydrogens (tertiary/aromatic N) is 3. The second-order valence-electron chi connectivity index (χ2n) is 5.30. The Balaban J connectivity index is 5.77. The normalized spacial score (nSPS) is 15.4. The number of allylic oxidation sites excluding steroid dienone is 1. The van der Waals surface area contributed by atoms with Gasteiger partial charge in [0.1, 0.15) is 0 Å². The summed E-state index contributed by atoms with van der Waals surface area (Å²) >= 11 is 0. The zero-order chi connectivity index (χ0) is 16.5. The predicted molar refractivity (Wildman–Crippen MR) is 77.3 cm³/mol. The number of esters is 1. The lowest BCUT2D eigenvalue weighted by atomic mass is 9.61. The van der Waals surface area contributed by atoms with E-state index in [1.165, 1.54) is 0 Å². The van der Waals surface area contributed by atoms with Crippen molar-refractivity contribution < 1.29 is 9.53 Å². The van der Waals surface area contributed by atoms with Crippen LogP contribution in [-0.4, -0.2) is 12.6 Å². The molecule has 5 heteroatoms. The summed E-state index contributed by atoms with van der Waals surface area (Å²) in [6.45, 7) is 8.95. The minimum absolute atomic E-state index is 0.0106. The highest BCUT2D eigenvalue weighted by molar-refractivity contribution is 5.82. The first kappa shape index (κ1) is 18.7. The Morgan fingerprint density at radius 3 is 2.24 bits per heavy atom. The third-order valence-corrected chi connectivity index (χ3v) is 3.67. The van der Waals surface area contributed by atoms with E-state index in [0.717, 1.165) is 5.57 Å². The van der Waals surface area contributed by atoms with E-state index in [9.17, 15) is 15.3 Å². The van der Waals surface area contributed by atoms with Crippen molar-refractivity contribution >= 4 is 5.97 Å². The van der Waals surface area contributed by atoms with Gasteiger partial charge in [-0.05, 0) is 40.0 Å². The van der Waals surface area contributed by atoms with Gasteiger partial charge in [-0.2, -0.15) is 15.8 Å². The Kier molecular flexibility index (Phi) is 7.18. The lowest BCUT2D eigenvalue weighted by molar-refractivity contribution is -0.157. The maximum Gasteiger partial charge on any atom is 0.328 e. The Labute approximate surface area is 126 Å². The van der Waals surface area contributed by atoms with E-state index in [0.29, 0.717) is 12.8 Å². The molecule has 0 amide bonds. The van der Waals surface area contributed by atoms with Crippen LogP contribution in [0.15, 0.2) is 12.2 Å². The molecule has 0 bridgehead atoms. The van der Waals surface area contributed by atoms with Crippen molar-refractivity contribution in [3.63, 3.8) is 0 Å². The molecular weight excluding hydrogens is 266 g/mol. The molecule has 0 N–H and O–H groups in total. The first-order valence-electron chi connectivity index (χ1n) is 6.84. The van der Waals surface area contributed by atoms with Gasteiger partial charge in [-0.15, -0.1) is 6.58 Å². The molecule has 0 unspecified atom stereocenters. The number of hydrogen-bond acceptors (Lipinski definition) is 5. The van der Waals surface area contributed by atoms with Crippen molar-refractivity contribution in [1.29, 1.82) is 15.8 Å². The van der Waals surface area contributed by atoms with Gasteiger partial charge < -0.3 is 4.74 Å². The second kappa shape index (κ2) is 8.08. The molecule has 21 heavy (non-hydrogen) atoms. The van der Waals surface area contributed by atoms with Gasteiger partial charge in [-0.25, -0.2) is 0 Å². The summed E-state index contributed by atoms with van der Waals surface area (Å²) in [5.41, 5.74) is -2.00. The maximum atomic E-state index is 12.3. The quantitative estimate of drug-likeness (QED) is 0.504. The van der Waals surface area contributed by atoms with Crippen molar-refractivity contribution in [2.45, 2.75) is 46.5 Å². The third kappa shape index (κ3) is 4.07. The molecule has 0 rings (SSSR count). The topological polar surface area (TPSA) is 97.7 Å². The van der Waals surface area contributed by atoms with Crippen molar-refractivity contribution in [3.05, 3.63) is 12.2 Å². The molecule has 0 fully saturated rings. The Bertz CT molecular complexity index is 521. The lowest BCUT2D eigenvalue weighted by Crippen LogP contribution is -2.45. The zero-order valence-electron chi connectivity index (χ0n) is 12.9. The highest BCUT2D eigenvalue weighted by Gasteiger charge is 2.55. The highest BCUT2D eigenvalue weighted by atomic mass is 16.5. The maximum absolute atomic E-state index is 12.3. The molecule has 0 aromatic rings. The largest absolute Gasteiger partial charge is 0.465 e. The van der Waals surface area contributed by atoms with Gasteiger partial charge in [0.15, 0.2) is 5.41 Å². The van der Waals surface area contributed by atoms with Gasteiger partial charge in [-0.3, -0.25) is 4.79 Å². The van der Waals surface area contributed by atoms with Gasteiger partial charge in [0.2, 0.25) is 0 Å². The summed E-state index contributed by atoms with van der Waals surface area (Å²) in [7, 11) is 0. The van der Waals surface area contributed by atoms with Gasteiger partial charge in [0, 0.05) is 6.42 Å². The van der Waals surface area contributed by atoms with Crippen LogP contribution in [0.1, 0.15) is 46.5 Å². The van der Waals surface area contributed by atoms with Crippen LogP contribution in [0.4, 0.5) is 0 Å². The van der Waals surface area contributed by atoms with E-state index in [-0.39, 0.29) is 19.4 Å². The molecular formula is C16H21N3O2. The number of nitriles is 3. The highest BCUT2D eigenvalue weighted by Crippen LogP contribution is 2.47. The summed E-state index contributed by atoms with van der Waals surface area (Å²) < 4.78 is 5.01. The molecule has 0 radical (unpaired) electrons. The van der Waals surface area contributed by atoms with E-state index in [1.807, 2.05) is 19.1 Å². The summed E-state index contributed by atoms with van der Waals surface area (Å²) in [5.74, 6) is -0.728. The van der Waals surface area contributed by atoms with Crippen molar-refractivity contribution in [2.75, 3.05) is 6.61 Å². The van der Waals surface area contributed by atoms with Crippen molar-refractivity contribution in [1.82, 2.24) is 0 Å². The molecule has 2 atom stereocenters. The summed E-state index contributed by atoms with van der Waals surface area (Å²) in [6, 6.07) is 6.00. The second-order valence-corrected chi connectivity index (χ2v) is 5.30. The van der Waals surface area contributed by atoms with Crippen LogP contribution in [-0.2, 0) is 9.53 Å². The van der Waals surface area contributed by atoms with E-state index in [2.05, 4.69) is 12.6 Å². The average Bonchev–Trinajstić information content (AvgIpc) is 2.46. The molecule has 0 aliphatic rings. The molecule has 0 aromatic heterocycles. The fourth-order valence-corrected chi connectivity index (χ4v) is 2.15. The van der Waals surface area contributed by atoms with Crippen LogP contribution < -0.4 is 0 Å². The van der Waals surface area contributed by atoms with Crippen LogP contribution in [0.2, 0.25) is 0 Å². The third-order valence-electron chi connectivity index (χ3n) is 3.67. The minimum atomic E-state index is -1.64. The van der Waals surface area contributed by atoms with Crippen LogP contribution in [0.25, 0.3) is 0 Å². The Morgan fingerprint density at radius 1 is 1.24 bits per heavy atom. The number of hydrogen-bond donors (Lipinski definition) is 0. The zero-order valence-corrected chi connectivity index (χ0v) is 12.9. The predicted octanol–water partition coefficient (Wildman–Crippen LogP) is 3.25. The molecule has 0 heterocycles. The monoisotopic (exact) mass is 287 g/mol. The molecule has 0 saturated carbocycles. The Morgan fingerprint density at radius 2 is 1.86 bits per heavy atom. The molecule has 112 valence electrons. The molecule has 5 nitrogen and oxygen atoms in total. The first-order valence-corrected chi connectivity index (χ1v) is 6.84.